The molecule has 4 rings (SSSR count). The summed E-state index contributed by atoms with van der Waals surface area (Å²) in [5.41, 5.74) is 2.64. The number of hydrogen-bond acceptors (Lipinski definition) is 6. The number of aliphatic hydroxyl groups is 1. The monoisotopic (exact) mass is 374 g/mol. The molecule has 0 spiro atoms. The lowest BCUT2D eigenvalue weighted by molar-refractivity contribution is 0.0827. The smallest absolute Gasteiger partial charge is 0.0950 e. The van der Waals surface area contributed by atoms with E-state index in [1.165, 1.54) is 11.3 Å². The molecule has 3 aliphatic heterocycles. The Balaban J connectivity index is 1.44. The van der Waals surface area contributed by atoms with Crippen molar-refractivity contribution in [3.63, 3.8) is 0 Å². The van der Waals surface area contributed by atoms with Gasteiger partial charge in [0, 0.05) is 36.9 Å². The number of pyridine rings is 1. The molecule has 6 heteroatoms. The summed E-state index contributed by atoms with van der Waals surface area (Å²) in [5.74, 6) is 0. The van der Waals surface area contributed by atoms with Crippen molar-refractivity contribution in [1.29, 1.82) is 0 Å². The summed E-state index contributed by atoms with van der Waals surface area (Å²) in [6.45, 7) is 10.7. The first-order chi connectivity index (χ1) is 13.2. The fraction of sp³-hybridized carbons (Fsp3) is 0.762. The number of aryl methyl sites for hydroxylation is 1. The molecule has 2 atom stereocenters. The Morgan fingerprint density at radius 3 is 2.74 bits per heavy atom. The first-order valence-electron chi connectivity index (χ1n) is 10.5. The van der Waals surface area contributed by atoms with Crippen molar-refractivity contribution < 1.29 is 9.84 Å². The molecule has 0 aromatic carbocycles. The number of rotatable bonds is 4. The fourth-order valence-electron chi connectivity index (χ4n) is 4.97. The first-order valence-corrected chi connectivity index (χ1v) is 10.5. The molecule has 4 heterocycles. The van der Waals surface area contributed by atoms with Gasteiger partial charge in [-0.2, -0.15) is 0 Å². The van der Waals surface area contributed by atoms with Crippen LogP contribution in [0.5, 0.6) is 0 Å². The molecule has 0 radical (unpaired) electrons. The van der Waals surface area contributed by atoms with Crippen LogP contribution >= 0.6 is 0 Å². The van der Waals surface area contributed by atoms with Crippen molar-refractivity contribution in [2.45, 2.75) is 43.7 Å². The lowest BCUT2D eigenvalue weighted by atomic mass is 9.75. The van der Waals surface area contributed by atoms with Gasteiger partial charge in [-0.05, 0) is 64.0 Å². The Hall–Kier alpha value is -1.05. The van der Waals surface area contributed by atoms with Crippen LogP contribution in [0.25, 0.3) is 0 Å². The minimum Gasteiger partial charge on any atom is -0.389 e. The third-order valence-electron chi connectivity index (χ3n) is 6.66. The topological polar surface area (TPSA) is 60.9 Å². The fourth-order valence-corrected chi connectivity index (χ4v) is 4.97. The van der Waals surface area contributed by atoms with E-state index in [1.54, 1.807) is 0 Å². The number of hydrogen-bond donors (Lipinski definition) is 2. The predicted molar refractivity (Wildman–Crippen MR) is 106 cm³/mol. The highest BCUT2D eigenvalue weighted by Crippen LogP contribution is 2.33. The normalized spacial score (nSPS) is 30.3. The highest BCUT2D eigenvalue weighted by Gasteiger charge is 2.38. The molecule has 3 fully saturated rings. The lowest BCUT2D eigenvalue weighted by Gasteiger charge is -2.41. The maximum absolute atomic E-state index is 10.2. The molecular formula is C21H34N4O2. The zero-order chi connectivity index (χ0) is 18.7. The van der Waals surface area contributed by atoms with Crippen LogP contribution in [0.2, 0.25) is 0 Å². The number of ether oxygens (including phenoxy) is 1. The molecule has 1 aromatic heterocycles. The average Bonchev–Trinajstić information content (AvgIpc) is 2.98. The Morgan fingerprint density at radius 1 is 1.19 bits per heavy atom. The van der Waals surface area contributed by atoms with Crippen LogP contribution in [0, 0.1) is 6.92 Å². The van der Waals surface area contributed by atoms with E-state index >= 15 is 0 Å². The molecular weight excluding hydrogens is 340 g/mol. The van der Waals surface area contributed by atoms with Gasteiger partial charge in [0.1, 0.15) is 0 Å². The summed E-state index contributed by atoms with van der Waals surface area (Å²) in [5, 5.41) is 13.7. The van der Waals surface area contributed by atoms with E-state index < -0.39 is 0 Å². The van der Waals surface area contributed by atoms with Crippen molar-refractivity contribution in [3.8, 4) is 0 Å². The van der Waals surface area contributed by atoms with Gasteiger partial charge in [0.25, 0.3) is 0 Å². The number of aromatic nitrogens is 1. The molecule has 0 bridgehead atoms. The standard InChI is InChI=1S/C21H34N4O2/c1-17-3-4-20(23-13-17)21(5-7-22-8-6-21)16-24-9-2-10-25(12-11-24)18-14-27-15-19(18)26/h3-4,13,18-19,22,26H,2,5-12,14-16H2,1H3/t18-,19-/m1/s1. The molecule has 3 aliphatic rings. The Bertz CT molecular complexity index is 603. The number of aliphatic hydroxyl groups excluding tert-OH is 1. The Labute approximate surface area is 162 Å². The number of piperidine rings is 1. The SMILES string of the molecule is Cc1ccc(C2(CN3CCCN([C@@H]4COC[C@H]4O)CC3)CCNCC2)nc1. The first kappa shape index (κ1) is 19.3. The lowest BCUT2D eigenvalue weighted by Crippen LogP contribution is -2.49. The summed E-state index contributed by atoms with van der Waals surface area (Å²) in [6, 6.07) is 4.63. The maximum atomic E-state index is 10.2. The number of nitrogens with one attached hydrogen (secondary N) is 1. The highest BCUT2D eigenvalue weighted by molar-refractivity contribution is 5.22. The van der Waals surface area contributed by atoms with Gasteiger partial charge in [-0.15, -0.1) is 0 Å². The molecule has 2 N–H and O–H groups in total. The van der Waals surface area contributed by atoms with Gasteiger partial charge in [0.05, 0.1) is 25.4 Å². The van der Waals surface area contributed by atoms with Crippen LogP contribution in [-0.4, -0.2) is 91.1 Å². The van der Waals surface area contributed by atoms with Crippen molar-refractivity contribution in [2.75, 3.05) is 59.0 Å². The van der Waals surface area contributed by atoms with E-state index in [9.17, 15) is 5.11 Å². The second kappa shape index (κ2) is 8.53. The highest BCUT2D eigenvalue weighted by atomic mass is 16.5. The van der Waals surface area contributed by atoms with Gasteiger partial charge in [0.15, 0.2) is 0 Å². The molecule has 0 saturated carbocycles. The Kier molecular flexibility index (Phi) is 6.09. The van der Waals surface area contributed by atoms with Gasteiger partial charge in [-0.25, -0.2) is 0 Å². The molecule has 6 nitrogen and oxygen atoms in total. The quantitative estimate of drug-likeness (QED) is 0.812. The number of nitrogens with zero attached hydrogens (tertiary/aromatic N) is 3. The van der Waals surface area contributed by atoms with Crippen LogP contribution in [0.1, 0.15) is 30.5 Å². The predicted octanol–water partition coefficient (Wildman–Crippen LogP) is 0.779. The van der Waals surface area contributed by atoms with E-state index in [0.717, 1.165) is 65.1 Å². The van der Waals surface area contributed by atoms with Crippen molar-refractivity contribution >= 4 is 0 Å². The molecule has 27 heavy (non-hydrogen) atoms. The zero-order valence-electron chi connectivity index (χ0n) is 16.6. The van der Waals surface area contributed by atoms with Gasteiger partial charge in [-0.1, -0.05) is 6.07 Å². The molecule has 1 aromatic rings. The van der Waals surface area contributed by atoms with Gasteiger partial charge in [0.2, 0.25) is 0 Å². The average molecular weight is 375 g/mol. The Morgan fingerprint density at radius 2 is 2.04 bits per heavy atom. The second-order valence-electron chi connectivity index (χ2n) is 8.59. The summed E-state index contributed by atoms with van der Waals surface area (Å²) >= 11 is 0. The molecule has 0 unspecified atom stereocenters. The summed E-state index contributed by atoms with van der Waals surface area (Å²) < 4.78 is 5.47. The zero-order valence-corrected chi connectivity index (χ0v) is 16.6. The molecule has 3 saturated heterocycles. The van der Waals surface area contributed by atoms with Crippen LogP contribution in [0.3, 0.4) is 0 Å². The summed E-state index contributed by atoms with van der Waals surface area (Å²) in [7, 11) is 0. The summed E-state index contributed by atoms with van der Waals surface area (Å²) in [6.07, 6.45) is 5.14. The largest absolute Gasteiger partial charge is 0.389 e. The van der Waals surface area contributed by atoms with E-state index in [2.05, 4.69) is 34.2 Å². The van der Waals surface area contributed by atoms with Gasteiger partial charge >= 0.3 is 0 Å². The molecule has 150 valence electrons. The third-order valence-corrected chi connectivity index (χ3v) is 6.66. The van der Waals surface area contributed by atoms with Crippen molar-refractivity contribution in [1.82, 2.24) is 20.1 Å². The van der Waals surface area contributed by atoms with Crippen LogP contribution in [-0.2, 0) is 10.2 Å². The van der Waals surface area contributed by atoms with Gasteiger partial charge < -0.3 is 20.1 Å². The third kappa shape index (κ3) is 4.35. The van der Waals surface area contributed by atoms with Crippen LogP contribution in [0.15, 0.2) is 18.3 Å². The molecule has 0 amide bonds. The van der Waals surface area contributed by atoms with Crippen LogP contribution in [0.4, 0.5) is 0 Å². The van der Waals surface area contributed by atoms with Gasteiger partial charge in [-0.3, -0.25) is 9.88 Å². The van der Waals surface area contributed by atoms with E-state index in [0.29, 0.717) is 13.2 Å². The second-order valence-corrected chi connectivity index (χ2v) is 8.59. The maximum Gasteiger partial charge on any atom is 0.0950 e. The minimum atomic E-state index is -0.330. The van der Waals surface area contributed by atoms with Crippen molar-refractivity contribution in [3.05, 3.63) is 29.6 Å². The molecule has 0 aliphatic carbocycles. The van der Waals surface area contributed by atoms with E-state index in [-0.39, 0.29) is 17.6 Å². The van der Waals surface area contributed by atoms with E-state index in [1.807, 2.05) is 6.20 Å². The van der Waals surface area contributed by atoms with E-state index in [4.69, 9.17) is 9.72 Å². The minimum absolute atomic E-state index is 0.157. The van der Waals surface area contributed by atoms with Crippen molar-refractivity contribution in [2.24, 2.45) is 0 Å². The summed E-state index contributed by atoms with van der Waals surface area (Å²) in [4.78, 5) is 9.91. The van der Waals surface area contributed by atoms with Crippen LogP contribution < -0.4 is 5.32 Å².